The van der Waals surface area contributed by atoms with Crippen LogP contribution in [0.3, 0.4) is 0 Å². The monoisotopic (exact) mass is 448 g/mol. The Morgan fingerprint density at radius 2 is 1.76 bits per heavy atom. The molecule has 0 aliphatic carbocycles. The standard InChI is InChI=1S/C25H28N4O4/c1-2-28-13-14-29(23(31)20-11-12-22(30)27-25(33)26-20)21(24(28)32)16-17-7-6-10-19(15-17)18-8-4-3-5-9-18/h3-10,15,20-21H,2,11-14,16H2,1H3,(H2,26,27,30,33)/t20-,21+/m0/s1. The Hall–Kier alpha value is -3.68. The molecule has 0 aromatic heterocycles. The van der Waals surface area contributed by atoms with Gasteiger partial charge in [0.1, 0.15) is 12.1 Å². The van der Waals surface area contributed by atoms with Crippen molar-refractivity contribution in [2.45, 2.75) is 38.3 Å². The maximum Gasteiger partial charge on any atom is 0.322 e. The number of imide groups is 1. The maximum atomic E-state index is 13.4. The zero-order chi connectivity index (χ0) is 23.4. The van der Waals surface area contributed by atoms with Crippen molar-refractivity contribution >= 4 is 23.8 Å². The molecule has 33 heavy (non-hydrogen) atoms. The van der Waals surface area contributed by atoms with E-state index in [4.69, 9.17) is 0 Å². The van der Waals surface area contributed by atoms with Crippen molar-refractivity contribution in [1.82, 2.24) is 20.4 Å². The summed E-state index contributed by atoms with van der Waals surface area (Å²) in [6.45, 7) is 3.32. The van der Waals surface area contributed by atoms with Gasteiger partial charge in [0.15, 0.2) is 0 Å². The fraction of sp³-hybridized carbons (Fsp3) is 0.360. The topological polar surface area (TPSA) is 98.8 Å². The van der Waals surface area contributed by atoms with Crippen LogP contribution in [0.25, 0.3) is 11.1 Å². The van der Waals surface area contributed by atoms with Gasteiger partial charge >= 0.3 is 6.03 Å². The summed E-state index contributed by atoms with van der Waals surface area (Å²) in [4.78, 5) is 53.6. The number of rotatable bonds is 5. The first-order valence-electron chi connectivity index (χ1n) is 11.3. The number of amides is 5. The van der Waals surface area contributed by atoms with Crippen LogP contribution in [0.1, 0.15) is 25.3 Å². The minimum atomic E-state index is -0.837. The molecule has 2 heterocycles. The van der Waals surface area contributed by atoms with Gasteiger partial charge in [0.25, 0.3) is 0 Å². The first-order valence-corrected chi connectivity index (χ1v) is 11.3. The van der Waals surface area contributed by atoms with Gasteiger partial charge in [0.05, 0.1) is 0 Å². The summed E-state index contributed by atoms with van der Waals surface area (Å²) in [5.74, 6) is -0.839. The Kier molecular flexibility index (Phi) is 6.72. The van der Waals surface area contributed by atoms with Crippen LogP contribution in [0.5, 0.6) is 0 Å². The van der Waals surface area contributed by atoms with Gasteiger partial charge < -0.3 is 15.1 Å². The SMILES string of the molecule is CCN1CCN(C(=O)[C@@H]2CCC(=O)NC(=O)N2)[C@H](Cc2cccc(-c3ccccc3)c2)C1=O. The van der Waals surface area contributed by atoms with Crippen LogP contribution < -0.4 is 10.6 Å². The second-order valence-electron chi connectivity index (χ2n) is 8.35. The molecule has 4 rings (SSSR count). The molecule has 0 unspecified atom stereocenters. The third-order valence-electron chi connectivity index (χ3n) is 6.23. The summed E-state index contributed by atoms with van der Waals surface area (Å²) in [7, 11) is 0. The number of hydrogen-bond donors (Lipinski definition) is 2. The molecule has 2 fully saturated rings. The molecule has 2 N–H and O–H groups in total. The smallest absolute Gasteiger partial charge is 0.322 e. The number of carbonyl (C=O) groups is 4. The van der Waals surface area contributed by atoms with Gasteiger partial charge in [-0.2, -0.15) is 0 Å². The summed E-state index contributed by atoms with van der Waals surface area (Å²) in [5.41, 5.74) is 3.07. The molecule has 0 spiro atoms. The van der Waals surface area contributed by atoms with Gasteiger partial charge in [0.2, 0.25) is 17.7 Å². The second kappa shape index (κ2) is 9.85. The summed E-state index contributed by atoms with van der Waals surface area (Å²) in [5, 5.41) is 4.77. The molecule has 2 aliphatic heterocycles. The first kappa shape index (κ1) is 22.5. The molecule has 0 saturated carbocycles. The van der Waals surface area contributed by atoms with E-state index < -0.39 is 24.0 Å². The van der Waals surface area contributed by atoms with Crippen LogP contribution in [-0.2, 0) is 20.8 Å². The third-order valence-corrected chi connectivity index (χ3v) is 6.23. The number of likely N-dealkylation sites (N-methyl/N-ethyl adjacent to an activating group) is 1. The van der Waals surface area contributed by atoms with E-state index in [0.29, 0.717) is 26.1 Å². The predicted molar refractivity (Wildman–Crippen MR) is 123 cm³/mol. The van der Waals surface area contributed by atoms with E-state index in [1.807, 2.05) is 61.5 Å². The van der Waals surface area contributed by atoms with E-state index in [2.05, 4.69) is 10.6 Å². The van der Waals surface area contributed by atoms with Gasteiger partial charge in [-0.1, -0.05) is 54.6 Å². The van der Waals surface area contributed by atoms with E-state index in [1.165, 1.54) is 0 Å². The highest BCUT2D eigenvalue weighted by molar-refractivity contribution is 5.99. The minimum Gasteiger partial charge on any atom is -0.339 e. The highest BCUT2D eigenvalue weighted by atomic mass is 16.2. The number of nitrogens with zero attached hydrogens (tertiary/aromatic N) is 2. The van der Waals surface area contributed by atoms with E-state index in [9.17, 15) is 19.2 Å². The van der Waals surface area contributed by atoms with E-state index in [1.54, 1.807) is 9.80 Å². The Balaban J connectivity index is 1.59. The molecule has 2 aromatic rings. The highest BCUT2D eigenvalue weighted by Crippen LogP contribution is 2.23. The molecule has 2 aromatic carbocycles. The zero-order valence-corrected chi connectivity index (χ0v) is 18.6. The van der Waals surface area contributed by atoms with Crippen LogP contribution in [0.4, 0.5) is 4.79 Å². The molecule has 5 amide bonds. The molecule has 2 atom stereocenters. The fourth-order valence-electron chi connectivity index (χ4n) is 4.46. The third kappa shape index (κ3) is 5.05. The number of carbonyl (C=O) groups excluding carboxylic acids is 4. The maximum absolute atomic E-state index is 13.4. The normalized spacial score (nSPS) is 21.3. The number of hydrogen-bond acceptors (Lipinski definition) is 4. The molecule has 8 nitrogen and oxygen atoms in total. The molecule has 0 radical (unpaired) electrons. The van der Waals surface area contributed by atoms with Crippen molar-refractivity contribution in [3.63, 3.8) is 0 Å². The number of nitrogens with one attached hydrogen (secondary N) is 2. The number of urea groups is 1. The minimum absolute atomic E-state index is 0.0712. The molecule has 2 saturated heterocycles. The summed E-state index contributed by atoms with van der Waals surface area (Å²) in [6, 6.07) is 15.8. The quantitative estimate of drug-likeness (QED) is 0.730. The lowest BCUT2D eigenvalue weighted by Crippen LogP contribution is -2.62. The Morgan fingerprint density at radius 3 is 2.52 bits per heavy atom. The van der Waals surface area contributed by atoms with Gasteiger partial charge in [-0.3, -0.25) is 19.7 Å². The summed E-state index contributed by atoms with van der Waals surface area (Å²) >= 11 is 0. The largest absolute Gasteiger partial charge is 0.339 e. The van der Waals surface area contributed by atoms with Crippen molar-refractivity contribution in [2.75, 3.05) is 19.6 Å². The zero-order valence-electron chi connectivity index (χ0n) is 18.6. The molecular weight excluding hydrogens is 420 g/mol. The lowest BCUT2D eigenvalue weighted by atomic mass is 9.96. The van der Waals surface area contributed by atoms with Gasteiger partial charge in [0, 0.05) is 32.5 Å². The van der Waals surface area contributed by atoms with Crippen LogP contribution >= 0.6 is 0 Å². The van der Waals surface area contributed by atoms with Gasteiger partial charge in [-0.25, -0.2) is 4.79 Å². The summed E-state index contributed by atoms with van der Waals surface area (Å²) in [6.07, 6.45) is 0.649. The average Bonchev–Trinajstić information content (AvgIpc) is 3.00. The summed E-state index contributed by atoms with van der Waals surface area (Å²) < 4.78 is 0. The van der Waals surface area contributed by atoms with Crippen molar-refractivity contribution in [1.29, 1.82) is 0 Å². The fourth-order valence-corrected chi connectivity index (χ4v) is 4.46. The van der Waals surface area contributed by atoms with E-state index in [0.717, 1.165) is 16.7 Å². The molecule has 8 heteroatoms. The van der Waals surface area contributed by atoms with Crippen molar-refractivity contribution in [3.05, 3.63) is 60.2 Å². The first-order chi connectivity index (χ1) is 16.0. The van der Waals surface area contributed by atoms with Crippen LogP contribution in [0.2, 0.25) is 0 Å². The lowest BCUT2D eigenvalue weighted by molar-refractivity contribution is -0.152. The van der Waals surface area contributed by atoms with Crippen LogP contribution in [0.15, 0.2) is 54.6 Å². The van der Waals surface area contributed by atoms with Crippen molar-refractivity contribution in [2.24, 2.45) is 0 Å². The number of piperazine rings is 1. The molecular formula is C25H28N4O4. The van der Waals surface area contributed by atoms with E-state index >= 15 is 0 Å². The van der Waals surface area contributed by atoms with Crippen LogP contribution in [0, 0.1) is 0 Å². The van der Waals surface area contributed by atoms with Crippen molar-refractivity contribution in [3.8, 4) is 11.1 Å². The second-order valence-corrected chi connectivity index (χ2v) is 8.35. The Morgan fingerprint density at radius 1 is 1.00 bits per heavy atom. The van der Waals surface area contributed by atoms with Crippen LogP contribution in [-0.4, -0.2) is 65.3 Å². The van der Waals surface area contributed by atoms with E-state index in [-0.39, 0.29) is 24.7 Å². The molecule has 0 bridgehead atoms. The molecule has 172 valence electrons. The average molecular weight is 449 g/mol. The number of benzene rings is 2. The van der Waals surface area contributed by atoms with Gasteiger partial charge in [-0.05, 0) is 30.0 Å². The highest BCUT2D eigenvalue weighted by Gasteiger charge is 2.40. The van der Waals surface area contributed by atoms with Gasteiger partial charge in [-0.15, -0.1) is 0 Å². The Labute approximate surface area is 192 Å². The Bertz CT molecular complexity index is 1060. The van der Waals surface area contributed by atoms with Crippen molar-refractivity contribution < 1.29 is 19.2 Å². The molecule has 2 aliphatic rings. The predicted octanol–water partition coefficient (Wildman–Crippen LogP) is 1.94. The lowest BCUT2D eigenvalue weighted by Gasteiger charge is -2.41.